The lowest BCUT2D eigenvalue weighted by Gasteiger charge is -2.07. The van der Waals surface area contributed by atoms with E-state index in [1.165, 1.54) is 0 Å². The van der Waals surface area contributed by atoms with E-state index in [0.717, 1.165) is 5.39 Å². The lowest BCUT2D eigenvalue weighted by molar-refractivity contribution is 0.0737. The number of rotatable bonds is 2. The zero-order valence-electron chi connectivity index (χ0n) is 10.6. The number of hydrogen-bond donors (Lipinski definition) is 1. The summed E-state index contributed by atoms with van der Waals surface area (Å²) in [5.41, 5.74) is 6.76. The highest BCUT2D eigenvalue weighted by Crippen LogP contribution is 2.25. The van der Waals surface area contributed by atoms with E-state index in [9.17, 15) is 4.79 Å². The van der Waals surface area contributed by atoms with Gasteiger partial charge in [-0.25, -0.2) is 9.78 Å². The number of pyridine rings is 1. The van der Waals surface area contributed by atoms with Crippen LogP contribution in [0.1, 0.15) is 10.4 Å². The first-order valence-electron chi connectivity index (χ1n) is 6.16. The smallest absolute Gasteiger partial charge is 0.343 e. The lowest BCUT2D eigenvalue weighted by atomic mass is 10.2. The first-order valence-corrected chi connectivity index (χ1v) is 6.16. The average molecular weight is 264 g/mol. The van der Waals surface area contributed by atoms with Crippen LogP contribution in [-0.2, 0) is 0 Å². The molecule has 3 aromatic rings. The number of ether oxygens (including phenoxy) is 1. The molecule has 0 saturated heterocycles. The van der Waals surface area contributed by atoms with Gasteiger partial charge in [-0.3, -0.25) is 0 Å². The topological polar surface area (TPSA) is 65.2 Å². The van der Waals surface area contributed by atoms with Crippen LogP contribution in [0.15, 0.2) is 60.7 Å². The highest BCUT2D eigenvalue weighted by atomic mass is 16.5. The number of para-hydroxylation sites is 1. The van der Waals surface area contributed by atoms with Gasteiger partial charge in [-0.15, -0.1) is 0 Å². The summed E-state index contributed by atoms with van der Waals surface area (Å²) >= 11 is 0. The van der Waals surface area contributed by atoms with E-state index in [2.05, 4.69) is 4.98 Å². The van der Waals surface area contributed by atoms with Gasteiger partial charge in [0.15, 0.2) is 5.75 Å². The molecule has 1 aromatic heterocycles. The van der Waals surface area contributed by atoms with Crippen LogP contribution in [0.5, 0.6) is 5.75 Å². The predicted molar refractivity (Wildman–Crippen MR) is 77.6 cm³/mol. The Morgan fingerprint density at radius 3 is 2.55 bits per heavy atom. The Balaban J connectivity index is 1.99. The first kappa shape index (κ1) is 12.2. The molecule has 1 heterocycles. The van der Waals surface area contributed by atoms with Gasteiger partial charge in [0.2, 0.25) is 0 Å². The quantitative estimate of drug-likeness (QED) is 0.570. The van der Waals surface area contributed by atoms with Gasteiger partial charge in [-0.1, -0.05) is 30.3 Å². The Labute approximate surface area is 115 Å². The van der Waals surface area contributed by atoms with Crippen LogP contribution in [0, 0.1) is 0 Å². The number of aromatic nitrogens is 1. The molecule has 0 aliphatic rings. The second-order valence-electron chi connectivity index (χ2n) is 4.32. The molecule has 0 fully saturated rings. The van der Waals surface area contributed by atoms with E-state index >= 15 is 0 Å². The molecule has 2 N–H and O–H groups in total. The molecule has 0 bridgehead atoms. The van der Waals surface area contributed by atoms with Crippen LogP contribution < -0.4 is 10.5 Å². The standard InChI is InChI=1S/C16H12N2O2/c17-14-10-9-11-7-4-8-13(15(11)18-14)20-16(19)12-5-2-1-3-6-12/h1-10H,(H2,17,18). The van der Waals surface area contributed by atoms with Crippen molar-refractivity contribution in [1.29, 1.82) is 0 Å². The molecule has 20 heavy (non-hydrogen) atoms. The number of hydrogen-bond acceptors (Lipinski definition) is 4. The lowest BCUT2D eigenvalue weighted by Crippen LogP contribution is -2.08. The maximum atomic E-state index is 12.1. The van der Waals surface area contributed by atoms with Crippen LogP contribution in [0.2, 0.25) is 0 Å². The number of fused-ring (bicyclic) bond motifs is 1. The highest BCUT2D eigenvalue weighted by Gasteiger charge is 2.11. The fraction of sp³-hybridized carbons (Fsp3) is 0. The third-order valence-electron chi connectivity index (χ3n) is 2.92. The summed E-state index contributed by atoms with van der Waals surface area (Å²) < 4.78 is 5.41. The zero-order chi connectivity index (χ0) is 13.9. The molecule has 0 aliphatic carbocycles. The van der Waals surface area contributed by atoms with E-state index in [1.54, 1.807) is 36.4 Å². The molecule has 4 nitrogen and oxygen atoms in total. The average Bonchev–Trinajstić information content (AvgIpc) is 2.49. The number of carbonyl (C=O) groups excluding carboxylic acids is 1. The van der Waals surface area contributed by atoms with Gasteiger partial charge in [0.25, 0.3) is 0 Å². The van der Waals surface area contributed by atoms with Crippen molar-refractivity contribution < 1.29 is 9.53 Å². The van der Waals surface area contributed by atoms with Crippen molar-refractivity contribution in [3.8, 4) is 5.75 Å². The molecule has 3 rings (SSSR count). The van der Waals surface area contributed by atoms with E-state index in [4.69, 9.17) is 10.5 Å². The molecule has 0 amide bonds. The van der Waals surface area contributed by atoms with E-state index in [1.807, 2.05) is 24.3 Å². The highest BCUT2D eigenvalue weighted by molar-refractivity contribution is 5.94. The zero-order valence-corrected chi connectivity index (χ0v) is 10.6. The van der Waals surface area contributed by atoms with Gasteiger partial charge in [0.05, 0.1) is 5.56 Å². The SMILES string of the molecule is Nc1ccc2cccc(OC(=O)c3ccccc3)c2n1. The predicted octanol–water partition coefficient (Wildman–Crippen LogP) is 3.04. The van der Waals surface area contributed by atoms with Crippen LogP contribution in [0.25, 0.3) is 10.9 Å². The van der Waals surface area contributed by atoms with Crippen molar-refractivity contribution in [1.82, 2.24) is 4.98 Å². The number of anilines is 1. The van der Waals surface area contributed by atoms with Gasteiger partial charge in [-0.2, -0.15) is 0 Å². The number of nitrogens with zero attached hydrogens (tertiary/aromatic N) is 1. The minimum absolute atomic E-state index is 0.390. The maximum Gasteiger partial charge on any atom is 0.343 e. The number of benzene rings is 2. The molecule has 2 aromatic carbocycles. The van der Waals surface area contributed by atoms with Gasteiger partial charge in [0.1, 0.15) is 11.3 Å². The van der Waals surface area contributed by atoms with Crippen LogP contribution in [-0.4, -0.2) is 11.0 Å². The third-order valence-corrected chi connectivity index (χ3v) is 2.92. The van der Waals surface area contributed by atoms with Gasteiger partial charge >= 0.3 is 5.97 Å². The number of esters is 1. The molecular weight excluding hydrogens is 252 g/mol. The monoisotopic (exact) mass is 264 g/mol. The largest absolute Gasteiger partial charge is 0.421 e. The third kappa shape index (κ3) is 2.31. The van der Waals surface area contributed by atoms with Crippen molar-refractivity contribution >= 4 is 22.7 Å². The molecule has 0 atom stereocenters. The van der Waals surface area contributed by atoms with E-state index in [0.29, 0.717) is 22.6 Å². The molecule has 0 unspecified atom stereocenters. The molecule has 4 heteroatoms. The second-order valence-corrected chi connectivity index (χ2v) is 4.32. The summed E-state index contributed by atoms with van der Waals surface area (Å²) in [5, 5.41) is 0.873. The minimum Gasteiger partial charge on any atom is -0.421 e. The first-order chi connectivity index (χ1) is 9.74. The maximum absolute atomic E-state index is 12.1. The summed E-state index contributed by atoms with van der Waals surface area (Å²) in [6.07, 6.45) is 0. The Morgan fingerprint density at radius 2 is 1.75 bits per heavy atom. The van der Waals surface area contributed by atoms with Crippen molar-refractivity contribution in [3.63, 3.8) is 0 Å². The van der Waals surface area contributed by atoms with Crippen molar-refractivity contribution in [2.45, 2.75) is 0 Å². The normalized spacial score (nSPS) is 10.4. The summed E-state index contributed by atoms with van der Waals surface area (Å²) in [4.78, 5) is 16.3. The second kappa shape index (κ2) is 5.01. The van der Waals surface area contributed by atoms with E-state index in [-0.39, 0.29) is 0 Å². The fourth-order valence-corrected chi connectivity index (χ4v) is 1.95. The van der Waals surface area contributed by atoms with Gasteiger partial charge in [0, 0.05) is 5.39 Å². The van der Waals surface area contributed by atoms with Crippen molar-refractivity contribution in [2.24, 2.45) is 0 Å². The molecule has 0 aliphatic heterocycles. The van der Waals surface area contributed by atoms with Gasteiger partial charge in [-0.05, 0) is 30.3 Å². The number of carbonyl (C=O) groups is 1. The van der Waals surface area contributed by atoms with Crippen molar-refractivity contribution in [3.05, 3.63) is 66.2 Å². The van der Waals surface area contributed by atoms with Crippen molar-refractivity contribution in [2.75, 3.05) is 5.73 Å². The van der Waals surface area contributed by atoms with Gasteiger partial charge < -0.3 is 10.5 Å². The molecule has 0 radical (unpaired) electrons. The van der Waals surface area contributed by atoms with E-state index < -0.39 is 5.97 Å². The Hall–Kier alpha value is -2.88. The molecule has 0 spiro atoms. The Kier molecular flexibility index (Phi) is 3.05. The molecule has 98 valence electrons. The summed E-state index contributed by atoms with van der Waals surface area (Å²) in [7, 11) is 0. The summed E-state index contributed by atoms with van der Waals surface area (Å²) in [5.74, 6) is 0.381. The molecule has 0 saturated carbocycles. The van der Waals surface area contributed by atoms with Crippen LogP contribution in [0.3, 0.4) is 0 Å². The number of nitrogens with two attached hydrogens (primary N) is 1. The summed E-state index contributed by atoms with van der Waals surface area (Å²) in [6, 6.07) is 17.8. The Bertz CT molecular complexity index is 770. The van der Waals surface area contributed by atoms with Crippen LogP contribution in [0.4, 0.5) is 5.82 Å². The van der Waals surface area contributed by atoms with Crippen LogP contribution >= 0.6 is 0 Å². The fourth-order valence-electron chi connectivity index (χ4n) is 1.95. The number of nitrogen functional groups attached to an aromatic ring is 1. The summed E-state index contributed by atoms with van der Waals surface area (Å²) in [6.45, 7) is 0. The molecular formula is C16H12N2O2. The Morgan fingerprint density at radius 1 is 0.950 bits per heavy atom. The minimum atomic E-state index is -0.415.